The molecule has 0 N–H and O–H groups in total. The first-order chi connectivity index (χ1) is 6.79. The Labute approximate surface area is 108 Å². The van der Waals surface area contributed by atoms with Gasteiger partial charge in [0.05, 0.1) is 3.58 Å². The van der Waals surface area contributed by atoms with Gasteiger partial charge < -0.3 is 0 Å². The molecule has 0 aromatic carbocycles. The quantitative estimate of drug-likeness (QED) is 0.649. The van der Waals surface area contributed by atoms with Crippen LogP contribution in [0, 0.1) is 0 Å². The number of halogens is 2. The number of hydrogen-bond donors (Lipinski definition) is 0. The molecule has 0 amide bonds. The predicted molar refractivity (Wildman–Crippen MR) is 70.2 cm³/mol. The monoisotopic (exact) mass is 411 g/mol. The van der Waals surface area contributed by atoms with Gasteiger partial charge in [0.25, 0.3) is 0 Å². The van der Waals surface area contributed by atoms with Gasteiger partial charge >= 0.3 is 6.33 Å². The molecule has 4 nitrogen and oxygen atoms in total. The Hall–Kier alpha value is -0.470. The summed E-state index contributed by atoms with van der Waals surface area (Å²) in [6, 6.07) is 0. The molecule has 0 aliphatic carbocycles. The SMILES string of the molecule is IC1=C(n2cnc[n+]2I)C=CN=C=C1. The molecule has 0 bridgehead atoms. The predicted octanol–water partition coefficient (Wildman–Crippen LogP) is 1.73. The molecule has 2 heterocycles. The second-order valence-electron chi connectivity index (χ2n) is 2.46. The Morgan fingerprint density at radius 1 is 1.50 bits per heavy atom. The number of aromatic nitrogens is 3. The zero-order valence-corrected chi connectivity index (χ0v) is 11.2. The van der Waals surface area contributed by atoms with E-state index in [1.165, 1.54) is 0 Å². The van der Waals surface area contributed by atoms with E-state index in [4.69, 9.17) is 0 Å². The largest absolute Gasteiger partial charge is 0.316 e. The molecule has 0 fully saturated rings. The van der Waals surface area contributed by atoms with Crippen molar-refractivity contribution in [2.75, 3.05) is 0 Å². The minimum absolute atomic E-state index is 1.03. The number of aliphatic imine (C=N–C) groups is 1. The summed E-state index contributed by atoms with van der Waals surface area (Å²) in [4.78, 5) is 7.98. The lowest BCUT2D eigenvalue weighted by Gasteiger charge is -2.00. The summed E-state index contributed by atoms with van der Waals surface area (Å²) in [6.07, 6.45) is 8.97. The summed E-state index contributed by atoms with van der Waals surface area (Å²) >= 11 is 4.41. The van der Waals surface area contributed by atoms with Gasteiger partial charge in [0.1, 0.15) is 5.70 Å². The van der Waals surface area contributed by atoms with Gasteiger partial charge in [-0.05, 0) is 39.5 Å². The van der Waals surface area contributed by atoms with Crippen molar-refractivity contribution in [3.8, 4) is 0 Å². The number of allylic oxidation sites excluding steroid dienone is 4. The van der Waals surface area contributed by atoms with Crippen LogP contribution in [0.15, 0.2) is 39.6 Å². The Balaban J connectivity index is 2.55. The first kappa shape index (κ1) is 10.1. The highest BCUT2D eigenvalue weighted by molar-refractivity contribution is 14.1. The standard InChI is InChI=1S/C8H5I2N4/c9-7-1-3-11-4-2-8(7)13-5-12-6-14(13)10/h1-2,4-6H/q+1. The topological polar surface area (TPSA) is 34.1 Å². The summed E-state index contributed by atoms with van der Waals surface area (Å²) < 4.78 is 4.87. The van der Waals surface area contributed by atoms with E-state index in [1.807, 2.05) is 19.7 Å². The molecular formula is C8H5I2N4+. The smallest absolute Gasteiger partial charge is 0.214 e. The second-order valence-corrected chi connectivity index (χ2v) is 4.62. The first-order valence-corrected chi connectivity index (χ1v) is 5.79. The average Bonchev–Trinajstić information content (AvgIpc) is 2.46. The van der Waals surface area contributed by atoms with E-state index in [0.29, 0.717) is 0 Å². The maximum Gasteiger partial charge on any atom is 0.316 e. The molecule has 0 saturated heterocycles. The Bertz CT molecular complexity index is 477. The van der Waals surface area contributed by atoms with E-state index < -0.39 is 0 Å². The fourth-order valence-corrected chi connectivity index (χ4v) is 2.06. The van der Waals surface area contributed by atoms with Gasteiger partial charge in [-0.25, -0.2) is 4.99 Å². The summed E-state index contributed by atoms with van der Waals surface area (Å²) in [5.74, 6) is 2.81. The van der Waals surface area contributed by atoms with Crippen LogP contribution in [0.2, 0.25) is 0 Å². The fourth-order valence-electron chi connectivity index (χ4n) is 1.00. The van der Waals surface area contributed by atoms with Crippen LogP contribution in [0.4, 0.5) is 0 Å². The zero-order chi connectivity index (χ0) is 9.97. The molecule has 0 saturated carbocycles. The molecular weight excluding hydrogens is 406 g/mol. The highest BCUT2D eigenvalue weighted by atomic mass is 127. The van der Waals surface area contributed by atoms with Crippen molar-refractivity contribution >= 4 is 57.0 Å². The molecule has 1 aliphatic rings. The van der Waals surface area contributed by atoms with Crippen molar-refractivity contribution in [1.29, 1.82) is 0 Å². The van der Waals surface area contributed by atoms with Gasteiger partial charge in [0.2, 0.25) is 29.2 Å². The Morgan fingerprint density at radius 2 is 2.36 bits per heavy atom. The highest BCUT2D eigenvalue weighted by Crippen LogP contribution is 2.19. The number of hydrogen-bond acceptors (Lipinski definition) is 2. The Morgan fingerprint density at radius 3 is 3.07 bits per heavy atom. The summed E-state index contributed by atoms with van der Waals surface area (Å²) in [7, 11) is 0. The molecule has 0 unspecified atom stereocenters. The third-order valence-corrected chi connectivity index (χ3v) is 3.19. The number of rotatable bonds is 1. The minimum Gasteiger partial charge on any atom is -0.214 e. The first-order valence-electron chi connectivity index (χ1n) is 3.75. The van der Waals surface area contributed by atoms with Crippen LogP contribution in [0.5, 0.6) is 0 Å². The van der Waals surface area contributed by atoms with E-state index in [0.717, 1.165) is 9.28 Å². The summed E-state index contributed by atoms with van der Waals surface area (Å²) in [5, 5.41) is 0. The molecule has 0 atom stereocenters. The second kappa shape index (κ2) is 4.37. The molecule has 1 aliphatic heterocycles. The lowest BCUT2D eigenvalue weighted by Crippen LogP contribution is -2.29. The van der Waals surface area contributed by atoms with Gasteiger partial charge in [-0.2, -0.15) is 0 Å². The number of nitrogens with zero attached hydrogens (tertiary/aromatic N) is 4. The normalized spacial score (nSPS) is 15.0. The van der Waals surface area contributed by atoms with E-state index in [9.17, 15) is 0 Å². The van der Waals surface area contributed by atoms with E-state index >= 15 is 0 Å². The van der Waals surface area contributed by atoms with Gasteiger partial charge in [-0.15, -0.1) is 4.68 Å². The molecule has 0 radical (unpaired) electrons. The van der Waals surface area contributed by atoms with Crippen LogP contribution in [0.3, 0.4) is 0 Å². The van der Waals surface area contributed by atoms with E-state index in [2.05, 4.69) is 61.3 Å². The molecule has 1 aromatic rings. The van der Waals surface area contributed by atoms with Crippen LogP contribution in [-0.2, 0) is 0 Å². The van der Waals surface area contributed by atoms with Gasteiger partial charge in [0.15, 0.2) is 0 Å². The molecule has 14 heavy (non-hydrogen) atoms. The fraction of sp³-hybridized carbons (Fsp3) is 0. The van der Waals surface area contributed by atoms with E-state index in [-0.39, 0.29) is 0 Å². The molecule has 2 rings (SSSR count). The molecule has 1 aromatic heterocycles. The average molecular weight is 411 g/mol. The Kier molecular flexibility index (Phi) is 3.14. The van der Waals surface area contributed by atoms with Crippen LogP contribution in [0.25, 0.3) is 5.70 Å². The summed E-state index contributed by atoms with van der Waals surface area (Å²) in [6.45, 7) is 0. The van der Waals surface area contributed by atoms with Crippen LogP contribution < -0.4 is 2.90 Å². The minimum atomic E-state index is 1.03. The van der Waals surface area contributed by atoms with Crippen LogP contribution in [-0.4, -0.2) is 15.5 Å². The highest BCUT2D eigenvalue weighted by Gasteiger charge is 2.11. The van der Waals surface area contributed by atoms with Gasteiger partial charge in [-0.3, -0.25) is 0 Å². The van der Waals surface area contributed by atoms with Crippen molar-refractivity contribution in [3.05, 3.63) is 34.6 Å². The van der Waals surface area contributed by atoms with Crippen molar-refractivity contribution in [1.82, 2.24) is 9.67 Å². The van der Waals surface area contributed by atoms with Gasteiger partial charge in [0, 0.05) is 12.3 Å². The maximum atomic E-state index is 4.04. The van der Waals surface area contributed by atoms with Crippen LogP contribution in [0.1, 0.15) is 0 Å². The van der Waals surface area contributed by atoms with Crippen molar-refractivity contribution in [2.24, 2.45) is 4.99 Å². The third kappa shape index (κ3) is 1.96. The third-order valence-electron chi connectivity index (χ3n) is 1.61. The lowest BCUT2D eigenvalue weighted by molar-refractivity contribution is -0.531. The maximum absolute atomic E-state index is 4.04. The molecule has 70 valence electrons. The van der Waals surface area contributed by atoms with E-state index in [1.54, 1.807) is 18.9 Å². The summed E-state index contributed by atoms with van der Waals surface area (Å²) in [5.41, 5.74) is 1.03. The van der Waals surface area contributed by atoms with Crippen molar-refractivity contribution < 1.29 is 2.90 Å². The molecule has 6 heteroatoms. The zero-order valence-electron chi connectivity index (χ0n) is 6.93. The van der Waals surface area contributed by atoms with Crippen molar-refractivity contribution in [2.45, 2.75) is 0 Å². The lowest BCUT2D eigenvalue weighted by atomic mass is 10.4. The molecule has 0 spiro atoms. The van der Waals surface area contributed by atoms with Gasteiger partial charge in [-0.1, -0.05) is 2.90 Å². The van der Waals surface area contributed by atoms with Crippen LogP contribution >= 0.6 is 45.5 Å². The van der Waals surface area contributed by atoms with Crippen molar-refractivity contribution in [3.63, 3.8) is 0 Å².